The van der Waals surface area contributed by atoms with Gasteiger partial charge in [-0.1, -0.05) is 24.0 Å². The molecule has 2 heterocycles. The van der Waals surface area contributed by atoms with Gasteiger partial charge in [0, 0.05) is 18.7 Å². The number of amides is 1. The molecule has 1 fully saturated rings. The molecule has 0 bridgehead atoms. The molecule has 0 spiro atoms. The van der Waals surface area contributed by atoms with Crippen LogP contribution in [0.1, 0.15) is 16.7 Å². The molecule has 0 saturated carbocycles. The summed E-state index contributed by atoms with van der Waals surface area (Å²) in [6.07, 6.45) is -0.601. The fourth-order valence-electron chi connectivity index (χ4n) is 3.52. The summed E-state index contributed by atoms with van der Waals surface area (Å²) in [6, 6.07) is 11.8. The molecule has 1 atom stereocenters. The van der Waals surface area contributed by atoms with Gasteiger partial charge in [-0.3, -0.25) is 9.69 Å². The molecule has 6 nitrogen and oxygen atoms in total. The van der Waals surface area contributed by atoms with E-state index in [1.165, 1.54) is 0 Å². The zero-order valence-electron chi connectivity index (χ0n) is 17.5. The van der Waals surface area contributed by atoms with Crippen molar-refractivity contribution >= 4 is 17.3 Å². The molecule has 4 rings (SSSR count). The van der Waals surface area contributed by atoms with Crippen molar-refractivity contribution < 1.29 is 14.3 Å². The average Bonchev–Trinajstić information content (AvgIpc) is 2.76. The lowest BCUT2D eigenvalue weighted by molar-refractivity contribution is -0.122. The first-order valence-electron chi connectivity index (χ1n) is 10.3. The summed E-state index contributed by atoms with van der Waals surface area (Å²) in [5.74, 6) is 6.97. The van der Waals surface area contributed by atoms with E-state index >= 15 is 0 Å². The molecule has 2 N–H and O–H groups in total. The summed E-state index contributed by atoms with van der Waals surface area (Å²) in [4.78, 5) is 15.1. The third-order valence-electron chi connectivity index (χ3n) is 5.24. The number of hydrogen-bond acceptors (Lipinski definition) is 5. The van der Waals surface area contributed by atoms with Crippen LogP contribution in [-0.2, 0) is 9.53 Å². The molecular weight excluding hydrogens is 378 g/mol. The number of ether oxygens (including phenoxy) is 2. The van der Waals surface area contributed by atoms with E-state index in [-0.39, 0.29) is 5.91 Å². The molecule has 30 heavy (non-hydrogen) atoms. The fourth-order valence-corrected chi connectivity index (χ4v) is 3.52. The zero-order valence-corrected chi connectivity index (χ0v) is 17.5. The quantitative estimate of drug-likeness (QED) is 0.769. The van der Waals surface area contributed by atoms with Gasteiger partial charge in [0.05, 0.1) is 37.7 Å². The first kappa shape index (κ1) is 20.3. The molecule has 156 valence electrons. The molecule has 1 saturated heterocycles. The number of benzene rings is 2. The van der Waals surface area contributed by atoms with E-state index in [0.29, 0.717) is 24.5 Å². The highest BCUT2D eigenvalue weighted by Crippen LogP contribution is 2.30. The Morgan fingerprint density at radius 2 is 1.93 bits per heavy atom. The van der Waals surface area contributed by atoms with Crippen LogP contribution in [0, 0.1) is 25.7 Å². The van der Waals surface area contributed by atoms with E-state index in [0.717, 1.165) is 48.7 Å². The summed E-state index contributed by atoms with van der Waals surface area (Å²) in [6.45, 7) is 8.48. The number of carbonyl (C=O) groups is 1. The summed E-state index contributed by atoms with van der Waals surface area (Å²) in [5, 5.41) is 6.28. The van der Waals surface area contributed by atoms with Crippen molar-refractivity contribution in [3.05, 3.63) is 53.1 Å². The topological polar surface area (TPSA) is 62.8 Å². The van der Waals surface area contributed by atoms with Crippen molar-refractivity contribution in [3.8, 4) is 17.6 Å². The van der Waals surface area contributed by atoms with Gasteiger partial charge in [-0.15, -0.1) is 0 Å². The number of hydrogen-bond donors (Lipinski definition) is 2. The molecule has 1 amide bonds. The molecule has 1 unspecified atom stereocenters. The molecule has 0 aromatic heterocycles. The molecule has 2 aromatic carbocycles. The van der Waals surface area contributed by atoms with E-state index in [2.05, 4.69) is 27.4 Å². The second kappa shape index (κ2) is 9.21. The molecule has 0 aliphatic carbocycles. The molecule has 0 radical (unpaired) electrons. The van der Waals surface area contributed by atoms with Crippen LogP contribution in [0.25, 0.3) is 0 Å². The van der Waals surface area contributed by atoms with Gasteiger partial charge in [0.15, 0.2) is 6.10 Å². The van der Waals surface area contributed by atoms with E-state index in [1.54, 1.807) is 0 Å². The number of nitrogens with zero attached hydrogens (tertiary/aromatic N) is 1. The number of rotatable bonds is 3. The first-order chi connectivity index (χ1) is 14.6. The smallest absolute Gasteiger partial charge is 0.267 e. The first-order valence-corrected chi connectivity index (χ1v) is 10.3. The molecule has 2 aliphatic rings. The van der Waals surface area contributed by atoms with Crippen molar-refractivity contribution in [2.75, 3.05) is 50.0 Å². The maximum atomic E-state index is 12.9. The van der Waals surface area contributed by atoms with Gasteiger partial charge in [-0.25, -0.2) is 0 Å². The highest BCUT2D eigenvalue weighted by molar-refractivity contribution is 5.96. The van der Waals surface area contributed by atoms with E-state index in [4.69, 9.17) is 9.47 Å². The lowest BCUT2D eigenvalue weighted by atomic mass is 10.1. The fraction of sp³-hybridized carbons (Fsp3) is 0.375. The van der Waals surface area contributed by atoms with Crippen molar-refractivity contribution in [1.29, 1.82) is 0 Å². The zero-order chi connectivity index (χ0) is 20.9. The number of anilines is 2. The van der Waals surface area contributed by atoms with Crippen molar-refractivity contribution in [3.63, 3.8) is 0 Å². The highest BCUT2D eigenvalue weighted by atomic mass is 16.5. The molecule has 2 aliphatic heterocycles. The lowest BCUT2D eigenvalue weighted by Gasteiger charge is -2.27. The third kappa shape index (κ3) is 4.93. The van der Waals surface area contributed by atoms with Crippen LogP contribution in [-0.4, -0.2) is 56.3 Å². The summed E-state index contributed by atoms with van der Waals surface area (Å²) < 4.78 is 11.3. The van der Waals surface area contributed by atoms with Crippen LogP contribution in [0.4, 0.5) is 11.4 Å². The number of fused-ring (bicyclic) bond motifs is 1. The van der Waals surface area contributed by atoms with Gasteiger partial charge >= 0.3 is 0 Å². The Bertz CT molecular complexity index is 987. The largest absolute Gasteiger partial charge is 0.477 e. The van der Waals surface area contributed by atoms with Crippen molar-refractivity contribution in [2.45, 2.75) is 20.0 Å². The van der Waals surface area contributed by atoms with Gasteiger partial charge in [-0.05, 0) is 49.2 Å². The van der Waals surface area contributed by atoms with E-state index in [1.807, 2.05) is 50.2 Å². The van der Waals surface area contributed by atoms with Crippen LogP contribution in [0.5, 0.6) is 5.75 Å². The molecule has 6 heteroatoms. The highest BCUT2D eigenvalue weighted by Gasteiger charge is 2.26. The van der Waals surface area contributed by atoms with Gasteiger partial charge in [0.25, 0.3) is 5.91 Å². The Kier molecular flexibility index (Phi) is 6.22. The van der Waals surface area contributed by atoms with Crippen LogP contribution >= 0.6 is 0 Å². The SMILES string of the molecule is Cc1ccc(NC(=O)C2CNc3cc(C)ccc3O2)c(C#CCN2CCOCC2)c1. The second-order valence-corrected chi connectivity index (χ2v) is 7.72. The predicted octanol–water partition coefficient (Wildman–Crippen LogP) is 2.80. The lowest BCUT2D eigenvalue weighted by Crippen LogP contribution is -2.41. The van der Waals surface area contributed by atoms with E-state index < -0.39 is 6.10 Å². The summed E-state index contributed by atoms with van der Waals surface area (Å²) >= 11 is 0. The molecule has 2 aromatic rings. The second-order valence-electron chi connectivity index (χ2n) is 7.72. The summed E-state index contributed by atoms with van der Waals surface area (Å²) in [5.41, 5.74) is 4.69. The van der Waals surface area contributed by atoms with Crippen molar-refractivity contribution in [1.82, 2.24) is 4.90 Å². The summed E-state index contributed by atoms with van der Waals surface area (Å²) in [7, 11) is 0. The maximum Gasteiger partial charge on any atom is 0.267 e. The van der Waals surface area contributed by atoms with Crippen LogP contribution in [0.2, 0.25) is 0 Å². The average molecular weight is 405 g/mol. The minimum atomic E-state index is -0.601. The third-order valence-corrected chi connectivity index (χ3v) is 5.24. The number of aryl methyl sites for hydroxylation is 2. The monoisotopic (exact) mass is 405 g/mol. The number of morpholine rings is 1. The van der Waals surface area contributed by atoms with Crippen LogP contribution < -0.4 is 15.4 Å². The van der Waals surface area contributed by atoms with Gasteiger partial charge in [0.2, 0.25) is 0 Å². The Hall–Kier alpha value is -3.01. The predicted molar refractivity (Wildman–Crippen MR) is 118 cm³/mol. The van der Waals surface area contributed by atoms with Crippen LogP contribution in [0.3, 0.4) is 0 Å². The van der Waals surface area contributed by atoms with Crippen LogP contribution in [0.15, 0.2) is 36.4 Å². The van der Waals surface area contributed by atoms with Crippen molar-refractivity contribution in [2.24, 2.45) is 0 Å². The maximum absolute atomic E-state index is 12.9. The molecular formula is C24H27N3O3. The van der Waals surface area contributed by atoms with Gasteiger partial charge in [0.1, 0.15) is 5.75 Å². The van der Waals surface area contributed by atoms with Gasteiger partial charge < -0.3 is 20.1 Å². The van der Waals surface area contributed by atoms with E-state index in [9.17, 15) is 4.79 Å². The number of nitrogens with one attached hydrogen (secondary N) is 2. The van der Waals surface area contributed by atoms with Gasteiger partial charge in [-0.2, -0.15) is 0 Å². The Balaban J connectivity index is 1.44. The Morgan fingerprint density at radius 3 is 2.77 bits per heavy atom. The Labute approximate surface area is 177 Å². The standard InChI is InChI=1S/C24H27N3O3/c1-17-5-7-20(19(14-17)4-3-9-27-10-12-29-13-11-27)26-24(28)23-16-25-21-15-18(2)6-8-22(21)30-23/h5-8,14-15,23,25H,9-13,16H2,1-2H3,(H,26,28). The minimum Gasteiger partial charge on any atom is -0.477 e. The normalized spacial score (nSPS) is 18.3. The Morgan fingerprint density at radius 1 is 1.17 bits per heavy atom. The minimum absolute atomic E-state index is 0.186. The number of carbonyl (C=O) groups excluding carboxylic acids is 1.